The van der Waals surface area contributed by atoms with Crippen LogP contribution in [0.5, 0.6) is 0 Å². The summed E-state index contributed by atoms with van der Waals surface area (Å²) in [4.78, 5) is 0. The quantitative estimate of drug-likeness (QED) is 0.877. The van der Waals surface area contributed by atoms with Gasteiger partial charge in [0.05, 0.1) is 5.60 Å². The summed E-state index contributed by atoms with van der Waals surface area (Å²) in [6, 6.07) is 6.53. The van der Waals surface area contributed by atoms with E-state index in [1.807, 2.05) is 6.92 Å². The molecule has 1 fully saturated rings. The molecule has 2 rings (SSSR count). The zero-order valence-electron chi connectivity index (χ0n) is 10.2. The van der Waals surface area contributed by atoms with Gasteiger partial charge in [0, 0.05) is 18.8 Å². The Morgan fingerprint density at radius 1 is 1.35 bits per heavy atom. The van der Waals surface area contributed by atoms with E-state index in [9.17, 15) is 9.50 Å². The number of aliphatic hydroxyl groups is 1. The minimum atomic E-state index is -1.06. The van der Waals surface area contributed by atoms with Crippen LogP contribution in [-0.4, -0.2) is 18.3 Å². The van der Waals surface area contributed by atoms with E-state index < -0.39 is 5.60 Å². The van der Waals surface area contributed by atoms with E-state index in [0.717, 1.165) is 12.8 Å². The van der Waals surface area contributed by atoms with Gasteiger partial charge < -0.3 is 9.84 Å². The fraction of sp³-hybridized carbons (Fsp3) is 0.571. The Hall–Kier alpha value is -0.930. The third-order valence-electron chi connectivity index (χ3n) is 3.78. The number of ether oxygens (including phenoxy) is 1. The highest BCUT2D eigenvalue weighted by atomic mass is 19.1. The first-order chi connectivity index (χ1) is 8.18. The molecule has 1 N–H and O–H groups in total. The molecule has 0 aromatic heterocycles. The van der Waals surface area contributed by atoms with Crippen molar-refractivity contribution >= 4 is 0 Å². The molecule has 0 bridgehead atoms. The molecule has 1 aliphatic rings. The van der Waals surface area contributed by atoms with Gasteiger partial charge in [0.2, 0.25) is 0 Å². The van der Waals surface area contributed by atoms with Crippen molar-refractivity contribution in [2.75, 3.05) is 13.2 Å². The molecule has 1 saturated heterocycles. The molecule has 0 radical (unpaired) electrons. The van der Waals surface area contributed by atoms with Crippen molar-refractivity contribution in [2.24, 2.45) is 5.92 Å². The lowest BCUT2D eigenvalue weighted by atomic mass is 9.75. The van der Waals surface area contributed by atoms with Gasteiger partial charge in [0.25, 0.3) is 0 Å². The molecule has 1 heterocycles. The van der Waals surface area contributed by atoms with E-state index in [4.69, 9.17) is 4.74 Å². The van der Waals surface area contributed by atoms with Crippen molar-refractivity contribution in [3.05, 3.63) is 35.6 Å². The molecular formula is C14H19FO2. The smallest absolute Gasteiger partial charge is 0.129 e. The maximum atomic E-state index is 13.8. The number of rotatable bonds is 3. The van der Waals surface area contributed by atoms with E-state index in [0.29, 0.717) is 25.2 Å². The van der Waals surface area contributed by atoms with Gasteiger partial charge in [0.15, 0.2) is 0 Å². The molecule has 3 heteroatoms. The summed E-state index contributed by atoms with van der Waals surface area (Å²) in [5.74, 6) is -0.235. The summed E-state index contributed by atoms with van der Waals surface area (Å²) >= 11 is 0. The zero-order chi connectivity index (χ0) is 12.3. The molecule has 94 valence electrons. The molecule has 0 spiro atoms. The van der Waals surface area contributed by atoms with Crippen LogP contribution in [0.15, 0.2) is 24.3 Å². The normalized spacial score (nSPS) is 21.1. The SMILES string of the molecule is CCC(O)(c1ccccc1F)C1CCOCC1. The Balaban J connectivity index is 2.32. The van der Waals surface area contributed by atoms with Gasteiger partial charge in [-0.05, 0) is 31.2 Å². The van der Waals surface area contributed by atoms with E-state index in [-0.39, 0.29) is 11.7 Å². The highest BCUT2D eigenvalue weighted by Crippen LogP contribution is 2.39. The largest absolute Gasteiger partial charge is 0.385 e. The maximum Gasteiger partial charge on any atom is 0.129 e. The fourth-order valence-electron chi connectivity index (χ4n) is 2.69. The molecule has 0 amide bonds. The summed E-state index contributed by atoms with van der Waals surface area (Å²) in [6.07, 6.45) is 2.11. The van der Waals surface area contributed by atoms with Crippen LogP contribution in [0.4, 0.5) is 4.39 Å². The second-order valence-corrected chi connectivity index (χ2v) is 4.64. The summed E-state index contributed by atoms with van der Waals surface area (Å²) in [5, 5.41) is 10.8. The molecule has 0 saturated carbocycles. The van der Waals surface area contributed by atoms with Crippen molar-refractivity contribution < 1.29 is 14.2 Å². The van der Waals surface area contributed by atoms with Crippen molar-refractivity contribution in [3.8, 4) is 0 Å². The van der Waals surface area contributed by atoms with Crippen LogP contribution in [0, 0.1) is 11.7 Å². The third-order valence-corrected chi connectivity index (χ3v) is 3.78. The van der Waals surface area contributed by atoms with Crippen LogP contribution in [0.2, 0.25) is 0 Å². The topological polar surface area (TPSA) is 29.5 Å². The van der Waals surface area contributed by atoms with E-state index >= 15 is 0 Å². The molecule has 17 heavy (non-hydrogen) atoms. The summed E-state index contributed by atoms with van der Waals surface area (Å²) in [6.45, 7) is 3.21. The van der Waals surface area contributed by atoms with Gasteiger partial charge in [-0.2, -0.15) is 0 Å². The number of hydrogen-bond donors (Lipinski definition) is 1. The minimum absolute atomic E-state index is 0.0816. The lowest BCUT2D eigenvalue weighted by Crippen LogP contribution is -2.38. The van der Waals surface area contributed by atoms with Crippen LogP contribution in [0.1, 0.15) is 31.7 Å². The first-order valence-corrected chi connectivity index (χ1v) is 6.23. The minimum Gasteiger partial charge on any atom is -0.385 e. The van der Waals surface area contributed by atoms with Crippen LogP contribution in [-0.2, 0) is 10.3 Å². The van der Waals surface area contributed by atoms with Gasteiger partial charge >= 0.3 is 0 Å². The summed E-state index contributed by atoms with van der Waals surface area (Å²) in [5.41, 5.74) is -0.635. The van der Waals surface area contributed by atoms with E-state index in [2.05, 4.69) is 0 Å². The van der Waals surface area contributed by atoms with Gasteiger partial charge in [-0.25, -0.2) is 4.39 Å². The first kappa shape index (κ1) is 12.5. The Morgan fingerprint density at radius 3 is 2.59 bits per heavy atom. The highest BCUT2D eigenvalue weighted by molar-refractivity contribution is 5.25. The van der Waals surface area contributed by atoms with Gasteiger partial charge in [-0.15, -0.1) is 0 Å². The molecule has 1 unspecified atom stereocenters. The number of benzene rings is 1. The van der Waals surface area contributed by atoms with Crippen LogP contribution >= 0.6 is 0 Å². The lowest BCUT2D eigenvalue weighted by molar-refractivity contribution is -0.0750. The molecule has 0 aliphatic carbocycles. The highest BCUT2D eigenvalue weighted by Gasteiger charge is 2.39. The molecule has 1 aromatic rings. The Kier molecular flexibility index (Phi) is 3.79. The van der Waals surface area contributed by atoms with E-state index in [1.165, 1.54) is 6.07 Å². The fourth-order valence-corrected chi connectivity index (χ4v) is 2.69. The van der Waals surface area contributed by atoms with Crippen molar-refractivity contribution in [3.63, 3.8) is 0 Å². The number of hydrogen-bond acceptors (Lipinski definition) is 2. The number of halogens is 1. The van der Waals surface area contributed by atoms with Crippen molar-refractivity contribution in [1.82, 2.24) is 0 Å². The summed E-state index contributed by atoms with van der Waals surface area (Å²) < 4.78 is 19.1. The van der Waals surface area contributed by atoms with Crippen LogP contribution in [0.3, 0.4) is 0 Å². The predicted octanol–water partition coefficient (Wildman–Crippen LogP) is 2.85. The average Bonchev–Trinajstić information content (AvgIpc) is 2.39. The van der Waals surface area contributed by atoms with Crippen molar-refractivity contribution in [2.45, 2.75) is 31.8 Å². The van der Waals surface area contributed by atoms with Gasteiger partial charge in [-0.1, -0.05) is 25.1 Å². The second-order valence-electron chi connectivity index (χ2n) is 4.64. The Labute approximate surface area is 101 Å². The maximum absolute atomic E-state index is 13.8. The lowest BCUT2D eigenvalue weighted by Gasteiger charge is -2.38. The molecule has 1 atom stereocenters. The van der Waals surface area contributed by atoms with Gasteiger partial charge in [-0.3, -0.25) is 0 Å². The summed E-state index contributed by atoms with van der Waals surface area (Å²) in [7, 11) is 0. The predicted molar refractivity (Wildman–Crippen MR) is 64.1 cm³/mol. The van der Waals surface area contributed by atoms with Gasteiger partial charge in [0.1, 0.15) is 5.82 Å². The molecule has 1 aliphatic heterocycles. The Morgan fingerprint density at radius 2 is 2.00 bits per heavy atom. The second kappa shape index (κ2) is 5.15. The zero-order valence-corrected chi connectivity index (χ0v) is 10.2. The first-order valence-electron chi connectivity index (χ1n) is 6.23. The van der Waals surface area contributed by atoms with E-state index in [1.54, 1.807) is 18.2 Å². The van der Waals surface area contributed by atoms with Crippen LogP contribution in [0.25, 0.3) is 0 Å². The average molecular weight is 238 g/mol. The van der Waals surface area contributed by atoms with Crippen LogP contribution < -0.4 is 0 Å². The Bertz CT molecular complexity index is 374. The third kappa shape index (κ3) is 2.35. The molecule has 1 aromatic carbocycles. The monoisotopic (exact) mass is 238 g/mol. The molecular weight excluding hydrogens is 219 g/mol. The van der Waals surface area contributed by atoms with Crippen molar-refractivity contribution in [1.29, 1.82) is 0 Å². The molecule has 2 nitrogen and oxygen atoms in total. The standard InChI is InChI=1S/C14H19FO2/c1-2-14(16,11-7-9-17-10-8-11)12-5-3-4-6-13(12)15/h3-6,11,16H,2,7-10H2,1H3.